The van der Waals surface area contributed by atoms with Crippen LogP contribution in [0, 0.1) is 5.82 Å². The lowest BCUT2D eigenvalue weighted by Gasteiger charge is -2.30. The van der Waals surface area contributed by atoms with Crippen LogP contribution in [0.4, 0.5) is 15.8 Å². The van der Waals surface area contributed by atoms with E-state index in [4.69, 9.17) is 9.47 Å². The summed E-state index contributed by atoms with van der Waals surface area (Å²) in [6, 6.07) is 9.85. The van der Waals surface area contributed by atoms with Crippen LogP contribution >= 0.6 is 0 Å². The van der Waals surface area contributed by atoms with E-state index in [2.05, 4.69) is 5.32 Å². The summed E-state index contributed by atoms with van der Waals surface area (Å²) in [6.45, 7) is 0.683. The van der Waals surface area contributed by atoms with E-state index in [1.54, 1.807) is 23.1 Å². The molecule has 4 rings (SSSR count). The number of hydrogen-bond donors (Lipinski definition) is 1. The van der Waals surface area contributed by atoms with Gasteiger partial charge in [-0.2, -0.15) is 0 Å². The van der Waals surface area contributed by atoms with Crippen molar-refractivity contribution in [3.63, 3.8) is 0 Å². The van der Waals surface area contributed by atoms with Crippen LogP contribution in [0.2, 0.25) is 0 Å². The van der Waals surface area contributed by atoms with Gasteiger partial charge < -0.3 is 19.7 Å². The normalized spacial score (nSPS) is 15.5. The molecule has 0 saturated heterocycles. The average molecular weight is 300 g/mol. The SMILES string of the molecule is O=C1CNc2cc3c(cc2N1Cc1cccc(F)c1)OCO3. The fraction of sp³-hybridized carbons (Fsp3) is 0.188. The molecule has 0 saturated carbocycles. The molecule has 5 nitrogen and oxygen atoms in total. The smallest absolute Gasteiger partial charge is 0.246 e. The number of hydrogen-bond acceptors (Lipinski definition) is 4. The standard InChI is InChI=1S/C16H13FN2O3/c17-11-3-1-2-10(4-11)8-19-13-6-15-14(21-9-22-15)5-12(13)18-7-16(19)20/h1-6,18H,7-9H2. The van der Waals surface area contributed by atoms with Gasteiger partial charge in [0.2, 0.25) is 12.7 Å². The molecule has 2 aliphatic rings. The molecule has 0 spiro atoms. The Kier molecular flexibility index (Phi) is 2.89. The zero-order valence-electron chi connectivity index (χ0n) is 11.6. The van der Waals surface area contributed by atoms with Crippen LogP contribution in [0.5, 0.6) is 11.5 Å². The highest BCUT2D eigenvalue weighted by molar-refractivity contribution is 6.03. The molecule has 0 aromatic heterocycles. The molecule has 0 atom stereocenters. The van der Waals surface area contributed by atoms with E-state index in [0.29, 0.717) is 23.7 Å². The van der Waals surface area contributed by atoms with Crippen molar-refractivity contribution in [2.24, 2.45) is 0 Å². The van der Waals surface area contributed by atoms with Crippen LogP contribution in [0.3, 0.4) is 0 Å². The van der Waals surface area contributed by atoms with E-state index >= 15 is 0 Å². The minimum atomic E-state index is -0.314. The fourth-order valence-corrected chi connectivity index (χ4v) is 2.69. The van der Waals surface area contributed by atoms with Crippen LogP contribution < -0.4 is 19.7 Å². The van der Waals surface area contributed by atoms with Crippen LogP contribution in [-0.4, -0.2) is 19.2 Å². The maximum Gasteiger partial charge on any atom is 0.246 e. The van der Waals surface area contributed by atoms with Crippen molar-refractivity contribution in [1.82, 2.24) is 0 Å². The van der Waals surface area contributed by atoms with Gasteiger partial charge in [-0.1, -0.05) is 12.1 Å². The number of benzene rings is 2. The van der Waals surface area contributed by atoms with Crippen molar-refractivity contribution in [2.45, 2.75) is 6.54 Å². The van der Waals surface area contributed by atoms with E-state index in [1.807, 2.05) is 6.07 Å². The number of rotatable bonds is 2. The third-order valence-electron chi connectivity index (χ3n) is 3.74. The second-order valence-electron chi connectivity index (χ2n) is 5.19. The highest BCUT2D eigenvalue weighted by Crippen LogP contribution is 2.42. The molecular weight excluding hydrogens is 287 g/mol. The number of anilines is 2. The van der Waals surface area contributed by atoms with Gasteiger partial charge in [-0.15, -0.1) is 0 Å². The number of amides is 1. The van der Waals surface area contributed by atoms with Gasteiger partial charge in [0.1, 0.15) is 5.82 Å². The molecule has 0 fully saturated rings. The van der Waals surface area contributed by atoms with Gasteiger partial charge in [-0.3, -0.25) is 4.79 Å². The Balaban J connectivity index is 1.72. The van der Waals surface area contributed by atoms with Crippen molar-refractivity contribution < 1.29 is 18.7 Å². The van der Waals surface area contributed by atoms with Crippen molar-refractivity contribution in [2.75, 3.05) is 23.6 Å². The highest BCUT2D eigenvalue weighted by atomic mass is 19.1. The molecule has 1 amide bonds. The minimum absolute atomic E-state index is 0.0735. The van der Waals surface area contributed by atoms with Crippen LogP contribution in [0.25, 0.3) is 0 Å². The summed E-state index contributed by atoms with van der Waals surface area (Å²) in [4.78, 5) is 13.9. The van der Waals surface area contributed by atoms with Gasteiger partial charge in [0.15, 0.2) is 11.5 Å². The largest absolute Gasteiger partial charge is 0.454 e. The molecule has 2 aromatic rings. The quantitative estimate of drug-likeness (QED) is 0.926. The molecule has 6 heteroatoms. The van der Waals surface area contributed by atoms with E-state index in [0.717, 1.165) is 11.3 Å². The van der Waals surface area contributed by atoms with Gasteiger partial charge >= 0.3 is 0 Å². The first-order valence-electron chi connectivity index (χ1n) is 6.93. The summed E-state index contributed by atoms with van der Waals surface area (Å²) in [5, 5.41) is 3.07. The summed E-state index contributed by atoms with van der Waals surface area (Å²) >= 11 is 0. The second-order valence-corrected chi connectivity index (χ2v) is 5.19. The first kappa shape index (κ1) is 12.9. The first-order chi connectivity index (χ1) is 10.7. The Morgan fingerprint density at radius 3 is 2.82 bits per heavy atom. The van der Waals surface area contributed by atoms with Gasteiger partial charge in [-0.25, -0.2) is 4.39 Å². The average Bonchev–Trinajstić information content (AvgIpc) is 2.96. The van der Waals surface area contributed by atoms with Gasteiger partial charge in [-0.05, 0) is 17.7 Å². The van der Waals surface area contributed by atoms with Crippen molar-refractivity contribution in [3.05, 3.63) is 47.8 Å². The topological polar surface area (TPSA) is 50.8 Å². The lowest BCUT2D eigenvalue weighted by Crippen LogP contribution is -2.39. The summed E-state index contributed by atoms with van der Waals surface area (Å²) in [7, 11) is 0. The van der Waals surface area contributed by atoms with Crippen molar-refractivity contribution in [1.29, 1.82) is 0 Å². The van der Waals surface area contributed by atoms with Crippen LogP contribution in [0.1, 0.15) is 5.56 Å². The third-order valence-corrected chi connectivity index (χ3v) is 3.74. The van der Waals surface area contributed by atoms with E-state index in [1.165, 1.54) is 12.1 Å². The molecule has 112 valence electrons. The zero-order valence-corrected chi connectivity index (χ0v) is 11.6. The molecule has 0 aliphatic carbocycles. The molecule has 2 heterocycles. The van der Waals surface area contributed by atoms with Crippen LogP contribution in [0.15, 0.2) is 36.4 Å². The predicted molar refractivity (Wildman–Crippen MR) is 78.6 cm³/mol. The Hall–Kier alpha value is -2.76. The molecule has 0 unspecified atom stereocenters. The highest BCUT2D eigenvalue weighted by Gasteiger charge is 2.27. The van der Waals surface area contributed by atoms with Crippen molar-refractivity contribution in [3.8, 4) is 11.5 Å². The predicted octanol–water partition coefficient (Wildman–Crippen LogP) is 2.51. The van der Waals surface area contributed by atoms with Crippen molar-refractivity contribution >= 4 is 17.3 Å². The molecule has 2 aromatic carbocycles. The zero-order chi connectivity index (χ0) is 15.1. The first-order valence-corrected chi connectivity index (χ1v) is 6.93. The second kappa shape index (κ2) is 4.91. The molecule has 1 N–H and O–H groups in total. The number of ether oxygens (including phenoxy) is 2. The maximum absolute atomic E-state index is 13.3. The Morgan fingerprint density at radius 1 is 1.18 bits per heavy atom. The Labute approximate surface area is 126 Å². The number of nitrogens with one attached hydrogen (secondary N) is 1. The fourth-order valence-electron chi connectivity index (χ4n) is 2.69. The number of nitrogens with zero attached hydrogens (tertiary/aromatic N) is 1. The van der Waals surface area contributed by atoms with Gasteiger partial charge in [0.05, 0.1) is 24.5 Å². The van der Waals surface area contributed by atoms with Crippen LogP contribution in [-0.2, 0) is 11.3 Å². The Bertz CT molecular complexity index is 763. The number of fused-ring (bicyclic) bond motifs is 2. The molecule has 0 radical (unpaired) electrons. The van der Waals surface area contributed by atoms with E-state index in [-0.39, 0.29) is 25.1 Å². The molecular formula is C16H13FN2O3. The lowest BCUT2D eigenvalue weighted by atomic mass is 10.1. The van der Waals surface area contributed by atoms with E-state index in [9.17, 15) is 9.18 Å². The Morgan fingerprint density at radius 2 is 2.00 bits per heavy atom. The monoisotopic (exact) mass is 300 g/mol. The summed E-state index contributed by atoms with van der Waals surface area (Å²) in [5.74, 6) is 0.882. The maximum atomic E-state index is 13.3. The van der Waals surface area contributed by atoms with E-state index < -0.39 is 0 Å². The number of carbonyl (C=O) groups excluding carboxylic acids is 1. The molecule has 22 heavy (non-hydrogen) atoms. The molecule has 2 aliphatic heterocycles. The third kappa shape index (κ3) is 2.13. The lowest BCUT2D eigenvalue weighted by molar-refractivity contribution is -0.117. The summed E-state index contributed by atoms with van der Waals surface area (Å²) in [5.41, 5.74) is 2.25. The number of halogens is 1. The summed E-state index contributed by atoms with van der Waals surface area (Å²) < 4.78 is 24.1. The number of carbonyl (C=O) groups is 1. The van der Waals surface area contributed by atoms with Gasteiger partial charge in [0, 0.05) is 12.1 Å². The van der Waals surface area contributed by atoms with Gasteiger partial charge in [0.25, 0.3) is 0 Å². The minimum Gasteiger partial charge on any atom is -0.454 e. The molecule has 0 bridgehead atoms. The summed E-state index contributed by atoms with van der Waals surface area (Å²) in [6.07, 6.45) is 0.